The van der Waals surface area contributed by atoms with Crippen LogP contribution in [-0.2, 0) is 10.5 Å². The fourth-order valence-electron chi connectivity index (χ4n) is 2.03. The highest BCUT2D eigenvalue weighted by Crippen LogP contribution is 2.30. The van der Waals surface area contributed by atoms with Gasteiger partial charge < -0.3 is 10.5 Å². The number of hydrogen-bond donors (Lipinski definition) is 2. The molecule has 1 fully saturated rings. The third kappa shape index (κ3) is 2.84. The van der Waals surface area contributed by atoms with E-state index < -0.39 is 0 Å². The van der Waals surface area contributed by atoms with E-state index in [0.717, 1.165) is 13.0 Å². The fourth-order valence-corrected chi connectivity index (χ4v) is 3.26. The van der Waals surface area contributed by atoms with Crippen molar-refractivity contribution in [3.05, 3.63) is 35.1 Å². The molecule has 0 aliphatic carbocycles. The predicted molar refractivity (Wildman–Crippen MR) is 72.5 cm³/mol. The Morgan fingerprint density at radius 1 is 1.61 bits per heavy atom. The van der Waals surface area contributed by atoms with Crippen LogP contribution in [-0.4, -0.2) is 23.8 Å². The van der Waals surface area contributed by atoms with Gasteiger partial charge in [0.15, 0.2) is 0 Å². The van der Waals surface area contributed by atoms with Crippen molar-refractivity contribution in [3.8, 4) is 0 Å². The zero-order valence-corrected chi connectivity index (χ0v) is 11.1. The van der Waals surface area contributed by atoms with E-state index in [-0.39, 0.29) is 23.3 Å². The van der Waals surface area contributed by atoms with E-state index in [4.69, 9.17) is 15.9 Å². The molecule has 1 aliphatic rings. The van der Waals surface area contributed by atoms with Crippen LogP contribution in [0.5, 0.6) is 0 Å². The van der Waals surface area contributed by atoms with E-state index in [0.29, 0.717) is 16.6 Å². The summed E-state index contributed by atoms with van der Waals surface area (Å²) in [5, 5.41) is 7.74. The van der Waals surface area contributed by atoms with Gasteiger partial charge in [-0.1, -0.05) is 12.1 Å². The van der Waals surface area contributed by atoms with Crippen LogP contribution in [0, 0.1) is 11.2 Å². The summed E-state index contributed by atoms with van der Waals surface area (Å²) in [7, 11) is 0. The first-order valence-corrected chi connectivity index (χ1v) is 6.99. The molecule has 0 bridgehead atoms. The highest BCUT2D eigenvalue weighted by Gasteiger charge is 2.24. The fraction of sp³-hybridized carbons (Fsp3) is 0.462. The monoisotopic (exact) mass is 268 g/mol. The SMILES string of the molecule is CC1OCCC1SCc1cccc(C(=N)N)c1F. The lowest BCUT2D eigenvalue weighted by Gasteiger charge is -2.14. The summed E-state index contributed by atoms with van der Waals surface area (Å²) in [6.45, 7) is 2.84. The molecule has 0 aromatic heterocycles. The van der Waals surface area contributed by atoms with Gasteiger partial charge in [-0.25, -0.2) is 4.39 Å². The Morgan fingerprint density at radius 2 is 2.39 bits per heavy atom. The molecule has 18 heavy (non-hydrogen) atoms. The molecule has 0 saturated carbocycles. The zero-order valence-electron chi connectivity index (χ0n) is 10.3. The van der Waals surface area contributed by atoms with Gasteiger partial charge in [0.2, 0.25) is 0 Å². The molecule has 2 rings (SSSR count). The van der Waals surface area contributed by atoms with Crippen LogP contribution in [0.1, 0.15) is 24.5 Å². The van der Waals surface area contributed by atoms with Crippen LogP contribution in [0.3, 0.4) is 0 Å². The number of nitrogens with two attached hydrogens (primary N) is 1. The highest BCUT2D eigenvalue weighted by molar-refractivity contribution is 7.99. The van der Waals surface area contributed by atoms with Crippen LogP contribution < -0.4 is 5.73 Å². The molecule has 1 aromatic carbocycles. The van der Waals surface area contributed by atoms with Gasteiger partial charge in [-0.2, -0.15) is 11.8 Å². The molecule has 5 heteroatoms. The lowest BCUT2D eigenvalue weighted by atomic mass is 10.1. The van der Waals surface area contributed by atoms with Gasteiger partial charge >= 0.3 is 0 Å². The highest BCUT2D eigenvalue weighted by atomic mass is 32.2. The first-order chi connectivity index (χ1) is 8.59. The number of benzene rings is 1. The summed E-state index contributed by atoms with van der Waals surface area (Å²) >= 11 is 1.70. The maximum Gasteiger partial charge on any atom is 0.138 e. The number of ether oxygens (including phenoxy) is 1. The normalized spacial score (nSPS) is 23.2. The van der Waals surface area contributed by atoms with Crippen molar-refractivity contribution in [2.75, 3.05) is 6.61 Å². The minimum atomic E-state index is -0.371. The average molecular weight is 268 g/mol. The molecule has 2 atom stereocenters. The van der Waals surface area contributed by atoms with Gasteiger partial charge in [0, 0.05) is 17.6 Å². The van der Waals surface area contributed by atoms with Crippen molar-refractivity contribution in [3.63, 3.8) is 0 Å². The first kappa shape index (κ1) is 13.4. The minimum absolute atomic E-state index is 0.184. The smallest absolute Gasteiger partial charge is 0.138 e. The van der Waals surface area contributed by atoms with Crippen molar-refractivity contribution in [1.82, 2.24) is 0 Å². The second kappa shape index (κ2) is 5.71. The van der Waals surface area contributed by atoms with Gasteiger partial charge in [-0.05, 0) is 25.0 Å². The minimum Gasteiger partial charge on any atom is -0.384 e. The summed E-state index contributed by atoms with van der Waals surface area (Å²) in [6.07, 6.45) is 1.24. The Hall–Kier alpha value is -1.07. The maximum atomic E-state index is 14.0. The largest absolute Gasteiger partial charge is 0.384 e. The van der Waals surface area contributed by atoms with Gasteiger partial charge in [0.1, 0.15) is 11.7 Å². The van der Waals surface area contributed by atoms with Crippen molar-refractivity contribution >= 4 is 17.6 Å². The zero-order chi connectivity index (χ0) is 13.1. The van der Waals surface area contributed by atoms with E-state index in [1.54, 1.807) is 23.9 Å². The molecule has 0 amide bonds. The van der Waals surface area contributed by atoms with Gasteiger partial charge in [-0.3, -0.25) is 5.41 Å². The maximum absolute atomic E-state index is 14.0. The Labute approximate surface area is 110 Å². The number of nitrogens with one attached hydrogen (secondary N) is 1. The number of amidine groups is 1. The molecular formula is C13H17FN2OS. The lowest BCUT2D eigenvalue weighted by molar-refractivity contribution is 0.127. The van der Waals surface area contributed by atoms with Crippen molar-refractivity contribution in [2.45, 2.75) is 30.5 Å². The molecular weight excluding hydrogens is 251 g/mol. The molecule has 3 nitrogen and oxygen atoms in total. The van der Waals surface area contributed by atoms with Crippen molar-refractivity contribution in [1.29, 1.82) is 5.41 Å². The third-order valence-corrected chi connectivity index (χ3v) is 4.65. The Morgan fingerprint density at radius 3 is 3.00 bits per heavy atom. The molecule has 0 spiro atoms. The Bertz CT molecular complexity index is 453. The summed E-state index contributed by atoms with van der Waals surface area (Å²) in [4.78, 5) is 0. The van der Waals surface area contributed by atoms with E-state index in [9.17, 15) is 4.39 Å². The topological polar surface area (TPSA) is 59.1 Å². The summed E-state index contributed by atoms with van der Waals surface area (Å²) in [5.41, 5.74) is 6.13. The summed E-state index contributed by atoms with van der Waals surface area (Å²) < 4.78 is 19.5. The van der Waals surface area contributed by atoms with E-state index >= 15 is 0 Å². The quantitative estimate of drug-likeness (QED) is 0.651. The van der Waals surface area contributed by atoms with E-state index in [1.807, 2.05) is 6.92 Å². The number of hydrogen-bond acceptors (Lipinski definition) is 3. The van der Waals surface area contributed by atoms with Gasteiger partial charge in [-0.15, -0.1) is 0 Å². The molecule has 0 radical (unpaired) electrons. The second-order valence-corrected chi connectivity index (χ2v) is 5.63. The Kier molecular flexibility index (Phi) is 4.24. The summed E-state index contributed by atoms with van der Waals surface area (Å²) in [6, 6.07) is 5.02. The second-order valence-electron chi connectivity index (χ2n) is 4.41. The predicted octanol–water partition coefficient (Wildman–Crippen LogP) is 2.52. The van der Waals surface area contributed by atoms with Crippen LogP contribution in [0.2, 0.25) is 0 Å². The molecule has 98 valence electrons. The molecule has 2 unspecified atom stereocenters. The van der Waals surface area contributed by atoms with Crippen LogP contribution in [0.25, 0.3) is 0 Å². The van der Waals surface area contributed by atoms with E-state index in [1.165, 1.54) is 6.07 Å². The average Bonchev–Trinajstić information content (AvgIpc) is 2.73. The lowest BCUT2D eigenvalue weighted by Crippen LogP contribution is -2.15. The van der Waals surface area contributed by atoms with Crippen LogP contribution in [0.15, 0.2) is 18.2 Å². The van der Waals surface area contributed by atoms with Gasteiger partial charge in [0.05, 0.1) is 11.7 Å². The Balaban J connectivity index is 2.05. The standard InChI is InChI=1S/C13H17FN2OS/c1-8-11(5-6-17-8)18-7-9-3-2-4-10(12(9)14)13(15)16/h2-4,8,11H,5-7H2,1H3,(H3,15,16). The van der Waals surface area contributed by atoms with Crippen molar-refractivity contribution < 1.29 is 9.13 Å². The first-order valence-electron chi connectivity index (χ1n) is 5.94. The number of thioether (sulfide) groups is 1. The van der Waals surface area contributed by atoms with Gasteiger partial charge in [0.25, 0.3) is 0 Å². The van der Waals surface area contributed by atoms with Crippen LogP contribution in [0.4, 0.5) is 4.39 Å². The third-order valence-electron chi connectivity index (χ3n) is 3.13. The molecule has 1 heterocycles. The molecule has 1 saturated heterocycles. The molecule has 3 N–H and O–H groups in total. The number of nitrogen functional groups attached to an aromatic ring is 1. The molecule has 1 aliphatic heterocycles. The van der Waals surface area contributed by atoms with Crippen molar-refractivity contribution in [2.24, 2.45) is 5.73 Å². The van der Waals surface area contributed by atoms with E-state index in [2.05, 4.69) is 0 Å². The number of rotatable bonds is 4. The number of halogens is 1. The summed E-state index contributed by atoms with van der Waals surface area (Å²) in [5.74, 6) is -0.00770. The molecule has 1 aromatic rings. The van der Waals surface area contributed by atoms with Crippen LogP contribution >= 0.6 is 11.8 Å².